The van der Waals surface area contributed by atoms with Crippen LogP contribution in [-0.2, 0) is 4.79 Å². The van der Waals surface area contributed by atoms with Crippen molar-refractivity contribution in [1.29, 1.82) is 0 Å². The zero-order chi connectivity index (χ0) is 17.1. The minimum atomic E-state index is 0.0638. The number of aryl methyl sites for hydroxylation is 2. The van der Waals surface area contributed by atoms with E-state index in [1.54, 1.807) is 11.3 Å². The summed E-state index contributed by atoms with van der Waals surface area (Å²) < 4.78 is 0. The molecule has 0 aliphatic carbocycles. The first-order valence-corrected chi connectivity index (χ1v) is 9.23. The molecule has 5 nitrogen and oxygen atoms in total. The van der Waals surface area contributed by atoms with Gasteiger partial charge in [0.25, 0.3) is 0 Å². The molecular formula is C18H24N4OS. The number of aromatic nitrogens is 2. The smallest absolute Gasteiger partial charge is 0.238 e. The predicted octanol–water partition coefficient (Wildman–Crippen LogP) is 3.28. The fourth-order valence-electron chi connectivity index (χ4n) is 3.09. The molecule has 0 spiro atoms. The van der Waals surface area contributed by atoms with Crippen LogP contribution in [0.2, 0.25) is 0 Å². The molecule has 24 heavy (non-hydrogen) atoms. The highest BCUT2D eigenvalue weighted by Crippen LogP contribution is 2.29. The van der Waals surface area contributed by atoms with Crippen LogP contribution in [-0.4, -0.2) is 40.6 Å². The van der Waals surface area contributed by atoms with Crippen molar-refractivity contribution in [3.63, 3.8) is 0 Å². The molecule has 0 saturated carbocycles. The molecular weight excluding hydrogens is 320 g/mol. The first-order chi connectivity index (χ1) is 11.5. The van der Waals surface area contributed by atoms with Crippen LogP contribution in [0.25, 0.3) is 0 Å². The number of nitrogens with one attached hydrogen (secondary N) is 1. The minimum Gasteiger partial charge on any atom is -0.325 e. The summed E-state index contributed by atoms with van der Waals surface area (Å²) in [6.07, 6.45) is 2.09. The van der Waals surface area contributed by atoms with E-state index in [9.17, 15) is 4.79 Å². The van der Waals surface area contributed by atoms with Crippen molar-refractivity contribution < 1.29 is 4.79 Å². The van der Waals surface area contributed by atoms with Gasteiger partial charge < -0.3 is 5.32 Å². The van der Waals surface area contributed by atoms with Crippen molar-refractivity contribution in [3.05, 3.63) is 39.3 Å². The Morgan fingerprint density at radius 3 is 2.67 bits per heavy atom. The lowest BCUT2D eigenvalue weighted by Crippen LogP contribution is -2.38. The van der Waals surface area contributed by atoms with Gasteiger partial charge in [0, 0.05) is 11.6 Å². The molecule has 1 amide bonds. The van der Waals surface area contributed by atoms with E-state index in [1.807, 2.05) is 26.0 Å². The van der Waals surface area contributed by atoms with Crippen LogP contribution >= 0.6 is 11.3 Å². The lowest BCUT2D eigenvalue weighted by Gasteiger charge is -2.30. The second-order valence-electron chi connectivity index (χ2n) is 6.51. The molecule has 128 valence electrons. The van der Waals surface area contributed by atoms with Crippen molar-refractivity contribution >= 4 is 22.9 Å². The van der Waals surface area contributed by atoms with E-state index < -0.39 is 0 Å². The van der Waals surface area contributed by atoms with Gasteiger partial charge in [-0.05, 0) is 63.9 Å². The summed E-state index contributed by atoms with van der Waals surface area (Å²) in [4.78, 5) is 14.6. The third-order valence-electron chi connectivity index (χ3n) is 4.72. The van der Waals surface area contributed by atoms with E-state index in [1.165, 1.54) is 5.56 Å². The molecule has 0 bridgehead atoms. The van der Waals surface area contributed by atoms with E-state index in [4.69, 9.17) is 0 Å². The Balaban J connectivity index is 1.50. The van der Waals surface area contributed by atoms with Crippen LogP contribution in [0.3, 0.4) is 0 Å². The first-order valence-electron chi connectivity index (χ1n) is 8.41. The average molecular weight is 344 g/mol. The molecule has 1 fully saturated rings. The SMILES string of the molecule is Cc1nnc(C2CCN(CC(=O)Nc3cccc(C)c3C)CC2)s1. The fourth-order valence-corrected chi connectivity index (χ4v) is 3.96. The number of rotatable bonds is 4. The molecule has 1 aliphatic rings. The van der Waals surface area contributed by atoms with Crippen molar-refractivity contribution in [2.45, 2.75) is 39.5 Å². The first kappa shape index (κ1) is 17.0. The fraction of sp³-hybridized carbons (Fsp3) is 0.500. The highest BCUT2D eigenvalue weighted by Gasteiger charge is 2.24. The Kier molecular flexibility index (Phi) is 5.26. The van der Waals surface area contributed by atoms with Gasteiger partial charge in [-0.25, -0.2) is 0 Å². The summed E-state index contributed by atoms with van der Waals surface area (Å²) in [7, 11) is 0. The summed E-state index contributed by atoms with van der Waals surface area (Å²) in [5, 5.41) is 13.6. The van der Waals surface area contributed by atoms with Crippen molar-refractivity contribution in [2.75, 3.05) is 25.0 Å². The molecule has 1 N–H and O–H groups in total. The summed E-state index contributed by atoms with van der Waals surface area (Å²) in [6, 6.07) is 6.00. The minimum absolute atomic E-state index is 0.0638. The van der Waals surface area contributed by atoms with Gasteiger partial charge in [-0.3, -0.25) is 9.69 Å². The maximum Gasteiger partial charge on any atom is 0.238 e. The van der Waals surface area contributed by atoms with Gasteiger partial charge in [0.05, 0.1) is 6.54 Å². The molecule has 2 aromatic rings. The number of likely N-dealkylation sites (tertiary alicyclic amines) is 1. The summed E-state index contributed by atoms with van der Waals surface area (Å²) in [6.45, 7) is 8.42. The Labute approximate surface area is 147 Å². The molecule has 1 aromatic heterocycles. The Morgan fingerprint density at radius 1 is 1.25 bits per heavy atom. The van der Waals surface area contributed by atoms with Crippen LogP contribution in [0, 0.1) is 20.8 Å². The molecule has 6 heteroatoms. The molecule has 2 heterocycles. The van der Waals surface area contributed by atoms with Gasteiger partial charge in [0.15, 0.2) is 0 Å². The van der Waals surface area contributed by atoms with Gasteiger partial charge in [-0.15, -0.1) is 21.5 Å². The van der Waals surface area contributed by atoms with E-state index in [-0.39, 0.29) is 5.91 Å². The standard InChI is InChI=1S/C18H24N4OS/c1-12-5-4-6-16(13(12)2)19-17(23)11-22-9-7-15(8-10-22)18-21-20-14(3)24-18/h4-6,15H,7-11H2,1-3H3,(H,19,23). The molecule has 3 rings (SSSR count). The Morgan fingerprint density at radius 2 is 2.00 bits per heavy atom. The quantitative estimate of drug-likeness (QED) is 0.925. The monoisotopic (exact) mass is 344 g/mol. The van der Waals surface area contributed by atoms with Crippen molar-refractivity contribution in [1.82, 2.24) is 15.1 Å². The second-order valence-corrected chi connectivity index (χ2v) is 7.72. The predicted molar refractivity (Wildman–Crippen MR) is 97.6 cm³/mol. The molecule has 0 unspecified atom stereocenters. The molecule has 0 radical (unpaired) electrons. The van der Waals surface area contributed by atoms with Crippen LogP contribution in [0.1, 0.15) is 39.9 Å². The lowest BCUT2D eigenvalue weighted by atomic mass is 9.98. The third-order valence-corrected chi connectivity index (χ3v) is 5.73. The molecule has 1 aromatic carbocycles. The number of hydrogen-bond acceptors (Lipinski definition) is 5. The maximum absolute atomic E-state index is 12.3. The van der Waals surface area contributed by atoms with E-state index >= 15 is 0 Å². The van der Waals surface area contributed by atoms with E-state index in [0.717, 1.165) is 47.2 Å². The van der Waals surface area contributed by atoms with Crippen molar-refractivity contribution in [3.8, 4) is 0 Å². The summed E-state index contributed by atoms with van der Waals surface area (Å²) >= 11 is 1.69. The normalized spacial score (nSPS) is 16.3. The number of carbonyl (C=O) groups excluding carboxylic acids is 1. The summed E-state index contributed by atoms with van der Waals surface area (Å²) in [5.74, 6) is 0.559. The Hall–Kier alpha value is -1.79. The van der Waals surface area contributed by atoms with Crippen LogP contribution in [0.4, 0.5) is 5.69 Å². The number of carbonyl (C=O) groups is 1. The van der Waals surface area contributed by atoms with Gasteiger partial charge in [0.1, 0.15) is 10.0 Å². The van der Waals surface area contributed by atoms with Gasteiger partial charge >= 0.3 is 0 Å². The lowest BCUT2D eigenvalue weighted by molar-refractivity contribution is -0.117. The highest BCUT2D eigenvalue weighted by molar-refractivity contribution is 7.11. The molecule has 1 saturated heterocycles. The van der Waals surface area contributed by atoms with Gasteiger partial charge in [-0.2, -0.15) is 0 Å². The van der Waals surface area contributed by atoms with Gasteiger partial charge in [-0.1, -0.05) is 12.1 Å². The number of benzene rings is 1. The number of piperidine rings is 1. The third kappa shape index (κ3) is 3.99. The second kappa shape index (κ2) is 7.40. The number of amides is 1. The Bertz CT molecular complexity index is 720. The summed E-state index contributed by atoms with van der Waals surface area (Å²) in [5.41, 5.74) is 3.25. The zero-order valence-electron chi connectivity index (χ0n) is 14.5. The van der Waals surface area contributed by atoms with Gasteiger partial charge in [0.2, 0.25) is 5.91 Å². The molecule has 0 atom stereocenters. The van der Waals surface area contributed by atoms with E-state index in [0.29, 0.717) is 12.5 Å². The highest BCUT2D eigenvalue weighted by atomic mass is 32.1. The number of nitrogens with zero attached hydrogens (tertiary/aromatic N) is 3. The van der Waals surface area contributed by atoms with Crippen molar-refractivity contribution in [2.24, 2.45) is 0 Å². The van der Waals surface area contributed by atoms with Crippen LogP contribution in [0.15, 0.2) is 18.2 Å². The average Bonchev–Trinajstić information content (AvgIpc) is 2.99. The number of anilines is 1. The molecule has 1 aliphatic heterocycles. The topological polar surface area (TPSA) is 58.1 Å². The van der Waals surface area contributed by atoms with Crippen LogP contribution < -0.4 is 5.32 Å². The largest absolute Gasteiger partial charge is 0.325 e. The van der Waals surface area contributed by atoms with E-state index in [2.05, 4.69) is 33.4 Å². The zero-order valence-corrected chi connectivity index (χ0v) is 15.3. The number of hydrogen-bond donors (Lipinski definition) is 1. The maximum atomic E-state index is 12.3. The van der Waals surface area contributed by atoms with Crippen LogP contribution in [0.5, 0.6) is 0 Å².